The minimum Gasteiger partial charge on any atom is -0.480 e. The van der Waals surface area contributed by atoms with Crippen molar-refractivity contribution in [2.24, 2.45) is 0 Å². The lowest BCUT2D eigenvalue weighted by Gasteiger charge is -2.37. The summed E-state index contributed by atoms with van der Waals surface area (Å²) >= 11 is 0. The number of carboxylic acids is 1. The van der Waals surface area contributed by atoms with Gasteiger partial charge in [0, 0.05) is 25.6 Å². The summed E-state index contributed by atoms with van der Waals surface area (Å²) in [5.74, 6) is -1.04. The van der Waals surface area contributed by atoms with E-state index < -0.39 is 18.1 Å². The van der Waals surface area contributed by atoms with Crippen LogP contribution in [0, 0.1) is 0 Å². The molecule has 120 valence electrons. The number of nitrogens with zero attached hydrogens (tertiary/aromatic N) is 2. The molecule has 7 heteroatoms. The largest absolute Gasteiger partial charge is 0.480 e. The van der Waals surface area contributed by atoms with Gasteiger partial charge in [-0.05, 0) is 32.4 Å². The zero-order valence-corrected chi connectivity index (χ0v) is 12.5. The summed E-state index contributed by atoms with van der Waals surface area (Å²) in [6.45, 7) is 4.50. The van der Waals surface area contributed by atoms with Gasteiger partial charge in [-0.2, -0.15) is 0 Å². The second kappa shape index (κ2) is 7.09. The number of amides is 2. The number of hydrogen-bond donors (Lipinski definition) is 3. The number of aliphatic carboxylic acids is 1. The molecular formula is C14H25N3O4. The third-order valence-electron chi connectivity index (χ3n) is 4.27. The van der Waals surface area contributed by atoms with Gasteiger partial charge in [0.2, 0.25) is 0 Å². The van der Waals surface area contributed by atoms with Crippen LogP contribution >= 0.6 is 0 Å². The maximum atomic E-state index is 12.8. The number of carbonyl (C=O) groups excluding carboxylic acids is 1. The second-order valence-electron chi connectivity index (χ2n) is 5.85. The molecule has 3 N–H and O–H groups in total. The van der Waals surface area contributed by atoms with Crippen molar-refractivity contribution in [3.8, 4) is 0 Å². The summed E-state index contributed by atoms with van der Waals surface area (Å²) in [6.07, 6.45) is 1.99. The molecular weight excluding hydrogens is 274 g/mol. The number of hydrogen-bond acceptors (Lipinski definition) is 4. The number of urea groups is 1. The zero-order valence-electron chi connectivity index (χ0n) is 12.5. The minimum atomic E-state index is -1.04. The number of carboxylic acid groups (broad SMARTS) is 1. The number of aliphatic hydroxyl groups excluding tert-OH is 1. The Labute approximate surface area is 124 Å². The molecule has 2 aliphatic rings. The molecule has 0 aromatic carbocycles. The molecule has 0 bridgehead atoms. The van der Waals surface area contributed by atoms with Gasteiger partial charge in [0.25, 0.3) is 0 Å². The summed E-state index contributed by atoms with van der Waals surface area (Å²) in [7, 11) is 0. The number of β-amino-alcohol motifs (C(OH)–C–C–N with tert-alkyl or cyclic N) is 1. The molecule has 2 atom stereocenters. The van der Waals surface area contributed by atoms with E-state index in [1.54, 1.807) is 4.90 Å². The zero-order chi connectivity index (χ0) is 15.4. The molecule has 2 amide bonds. The van der Waals surface area contributed by atoms with Crippen molar-refractivity contribution in [2.45, 2.75) is 50.8 Å². The van der Waals surface area contributed by atoms with Gasteiger partial charge in [-0.25, -0.2) is 9.59 Å². The first-order valence-corrected chi connectivity index (χ1v) is 7.73. The maximum Gasteiger partial charge on any atom is 0.326 e. The number of nitrogens with one attached hydrogen (secondary N) is 1. The van der Waals surface area contributed by atoms with E-state index >= 15 is 0 Å². The van der Waals surface area contributed by atoms with E-state index in [1.807, 2.05) is 6.92 Å². The highest BCUT2D eigenvalue weighted by Crippen LogP contribution is 2.23. The van der Waals surface area contributed by atoms with Gasteiger partial charge in [0.15, 0.2) is 0 Å². The Morgan fingerprint density at radius 1 is 1.33 bits per heavy atom. The first-order valence-electron chi connectivity index (χ1n) is 7.73. The normalized spacial score (nSPS) is 26.9. The molecule has 0 aromatic heterocycles. The van der Waals surface area contributed by atoms with E-state index in [4.69, 9.17) is 0 Å². The van der Waals surface area contributed by atoms with Crippen LogP contribution in [-0.4, -0.2) is 76.4 Å². The first-order chi connectivity index (χ1) is 10.0. The van der Waals surface area contributed by atoms with E-state index in [0.717, 1.165) is 32.4 Å². The molecule has 0 saturated carbocycles. The summed E-state index contributed by atoms with van der Waals surface area (Å²) in [4.78, 5) is 27.2. The Morgan fingerprint density at radius 3 is 2.57 bits per heavy atom. The highest BCUT2D eigenvalue weighted by atomic mass is 16.4. The van der Waals surface area contributed by atoms with Crippen LogP contribution in [0.15, 0.2) is 0 Å². The molecule has 2 aliphatic heterocycles. The molecule has 2 saturated heterocycles. The molecule has 0 aromatic rings. The monoisotopic (exact) mass is 299 g/mol. The van der Waals surface area contributed by atoms with E-state index in [-0.39, 0.29) is 25.0 Å². The number of aliphatic hydroxyl groups is 1. The van der Waals surface area contributed by atoms with Crippen molar-refractivity contribution in [3.63, 3.8) is 0 Å². The Hall–Kier alpha value is -1.34. The van der Waals surface area contributed by atoms with Gasteiger partial charge in [-0.1, -0.05) is 6.92 Å². The number of rotatable bonds is 4. The SMILES string of the molecule is CCCN(C(=O)N1CC(O)CC1C(=O)O)C1CCNCC1. The van der Waals surface area contributed by atoms with Crippen molar-refractivity contribution in [1.29, 1.82) is 0 Å². The average molecular weight is 299 g/mol. The summed E-state index contributed by atoms with van der Waals surface area (Å²) in [5.41, 5.74) is 0. The van der Waals surface area contributed by atoms with Crippen LogP contribution in [0.25, 0.3) is 0 Å². The smallest absolute Gasteiger partial charge is 0.326 e. The Morgan fingerprint density at radius 2 is 2.00 bits per heavy atom. The lowest BCUT2D eigenvalue weighted by atomic mass is 10.0. The molecule has 2 unspecified atom stereocenters. The van der Waals surface area contributed by atoms with Gasteiger partial charge in [-0.15, -0.1) is 0 Å². The van der Waals surface area contributed by atoms with E-state index in [1.165, 1.54) is 4.90 Å². The summed E-state index contributed by atoms with van der Waals surface area (Å²) in [5, 5.41) is 22.2. The summed E-state index contributed by atoms with van der Waals surface area (Å²) in [6, 6.07) is -0.993. The van der Waals surface area contributed by atoms with Gasteiger partial charge in [0.1, 0.15) is 6.04 Å². The third-order valence-corrected chi connectivity index (χ3v) is 4.27. The lowest BCUT2D eigenvalue weighted by Crippen LogP contribution is -2.54. The summed E-state index contributed by atoms with van der Waals surface area (Å²) < 4.78 is 0. The van der Waals surface area contributed by atoms with Gasteiger partial charge < -0.3 is 25.3 Å². The van der Waals surface area contributed by atoms with Crippen LogP contribution in [0.4, 0.5) is 4.79 Å². The van der Waals surface area contributed by atoms with Crippen LogP contribution in [0.3, 0.4) is 0 Å². The molecule has 21 heavy (non-hydrogen) atoms. The van der Waals surface area contributed by atoms with Crippen LogP contribution < -0.4 is 5.32 Å². The van der Waals surface area contributed by atoms with Crippen molar-refractivity contribution in [3.05, 3.63) is 0 Å². The van der Waals surface area contributed by atoms with Gasteiger partial charge in [-0.3, -0.25) is 0 Å². The highest BCUT2D eigenvalue weighted by molar-refractivity contribution is 5.83. The van der Waals surface area contributed by atoms with E-state index in [0.29, 0.717) is 6.54 Å². The van der Waals surface area contributed by atoms with Crippen molar-refractivity contribution < 1.29 is 19.8 Å². The predicted molar refractivity (Wildman–Crippen MR) is 77.0 cm³/mol. The van der Waals surface area contributed by atoms with Gasteiger partial charge in [0.05, 0.1) is 6.10 Å². The topological polar surface area (TPSA) is 93.1 Å². The third kappa shape index (κ3) is 3.65. The fourth-order valence-electron chi connectivity index (χ4n) is 3.22. The second-order valence-corrected chi connectivity index (χ2v) is 5.85. The number of carbonyl (C=O) groups is 2. The minimum absolute atomic E-state index is 0.112. The van der Waals surface area contributed by atoms with E-state index in [2.05, 4.69) is 5.32 Å². The van der Waals surface area contributed by atoms with Crippen LogP contribution in [-0.2, 0) is 4.79 Å². The lowest BCUT2D eigenvalue weighted by molar-refractivity contribution is -0.141. The maximum absolute atomic E-state index is 12.8. The van der Waals surface area contributed by atoms with Crippen LogP contribution in [0.1, 0.15) is 32.6 Å². The molecule has 2 heterocycles. The van der Waals surface area contributed by atoms with Crippen molar-refractivity contribution in [2.75, 3.05) is 26.2 Å². The Bertz CT molecular complexity index is 384. The highest BCUT2D eigenvalue weighted by Gasteiger charge is 2.41. The van der Waals surface area contributed by atoms with Gasteiger partial charge >= 0.3 is 12.0 Å². The fraction of sp³-hybridized carbons (Fsp3) is 0.857. The Kier molecular flexibility index (Phi) is 5.41. The molecule has 0 spiro atoms. The van der Waals surface area contributed by atoms with Crippen LogP contribution in [0.2, 0.25) is 0 Å². The fourth-order valence-corrected chi connectivity index (χ4v) is 3.22. The average Bonchev–Trinajstić information content (AvgIpc) is 2.87. The Balaban J connectivity index is 2.11. The van der Waals surface area contributed by atoms with Crippen LogP contribution in [0.5, 0.6) is 0 Å². The molecule has 2 rings (SSSR count). The molecule has 2 fully saturated rings. The van der Waals surface area contributed by atoms with E-state index in [9.17, 15) is 19.8 Å². The van der Waals surface area contributed by atoms with Crippen molar-refractivity contribution >= 4 is 12.0 Å². The molecule has 7 nitrogen and oxygen atoms in total. The molecule has 0 radical (unpaired) electrons. The number of piperidine rings is 1. The molecule has 0 aliphatic carbocycles. The standard InChI is InChI=1S/C14H25N3O4/c1-2-7-16(10-3-5-15-6-4-10)14(21)17-9-11(18)8-12(17)13(19)20/h10-12,15,18H,2-9H2,1H3,(H,19,20). The predicted octanol–water partition coefficient (Wildman–Crippen LogP) is 0.0902. The van der Waals surface area contributed by atoms with Crippen molar-refractivity contribution in [1.82, 2.24) is 15.1 Å². The number of likely N-dealkylation sites (tertiary alicyclic amines) is 1. The first kappa shape index (κ1) is 16.0. The quantitative estimate of drug-likeness (QED) is 0.684.